The van der Waals surface area contributed by atoms with Gasteiger partial charge in [0.1, 0.15) is 5.69 Å². The van der Waals surface area contributed by atoms with Crippen LogP contribution in [0.3, 0.4) is 0 Å². The smallest absolute Gasteiger partial charge is 0.325 e. The summed E-state index contributed by atoms with van der Waals surface area (Å²) in [6.07, 6.45) is -8.34. The fourth-order valence-corrected chi connectivity index (χ4v) is 4.10. The number of nitrogens with one attached hydrogen (secondary N) is 2. The summed E-state index contributed by atoms with van der Waals surface area (Å²) in [4.78, 5) is 27.8. The number of carbonyl (C=O) groups excluding carboxylic acids is 2. The van der Waals surface area contributed by atoms with E-state index in [9.17, 15) is 35.9 Å². The first kappa shape index (κ1) is 23.3. The number of anilines is 2. The van der Waals surface area contributed by atoms with Crippen molar-refractivity contribution >= 4 is 34.0 Å². The van der Waals surface area contributed by atoms with Crippen molar-refractivity contribution in [3.8, 4) is 5.69 Å². The maximum Gasteiger partial charge on any atom is 0.434 e. The van der Waals surface area contributed by atoms with Crippen molar-refractivity contribution in [1.29, 1.82) is 0 Å². The highest BCUT2D eigenvalue weighted by Crippen LogP contribution is 2.39. The lowest BCUT2D eigenvalue weighted by Crippen LogP contribution is -2.22. The highest BCUT2D eigenvalue weighted by molar-refractivity contribution is 6.11. The molecule has 5 rings (SSSR count). The number of carbonyl (C=O) groups is 2. The number of benzene rings is 2. The van der Waals surface area contributed by atoms with Gasteiger partial charge in [0, 0.05) is 28.3 Å². The molecule has 2 N–H and O–H groups in total. The lowest BCUT2D eigenvalue weighted by molar-refractivity contribution is -0.143. The van der Waals surface area contributed by atoms with E-state index in [0.29, 0.717) is 39.0 Å². The lowest BCUT2D eigenvalue weighted by Gasteiger charge is -2.20. The van der Waals surface area contributed by atoms with Crippen LogP contribution < -0.4 is 10.6 Å². The summed E-state index contributed by atoms with van der Waals surface area (Å²) in [6.45, 7) is 0. The third-order valence-electron chi connectivity index (χ3n) is 5.55. The Hall–Kier alpha value is -4.42. The van der Waals surface area contributed by atoms with Crippen molar-refractivity contribution in [3.63, 3.8) is 0 Å². The van der Waals surface area contributed by atoms with Gasteiger partial charge in [0.05, 0.1) is 23.9 Å². The Bertz CT molecular complexity index is 1530. The van der Waals surface area contributed by atoms with Crippen molar-refractivity contribution in [2.75, 3.05) is 10.6 Å². The molecule has 4 aromatic rings. The maximum atomic E-state index is 14.2. The molecule has 1 aliphatic rings. The predicted molar refractivity (Wildman–Crippen MR) is 116 cm³/mol. The third kappa shape index (κ3) is 4.01. The van der Waals surface area contributed by atoms with Gasteiger partial charge < -0.3 is 10.6 Å². The predicted octanol–water partition coefficient (Wildman–Crippen LogP) is 5.21. The van der Waals surface area contributed by atoms with E-state index < -0.39 is 35.2 Å². The van der Waals surface area contributed by atoms with Crippen LogP contribution in [0.4, 0.5) is 37.7 Å². The zero-order valence-corrected chi connectivity index (χ0v) is 17.8. The average Bonchev–Trinajstić information content (AvgIpc) is 3.25. The maximum absolute atomic E-state index is 14.2. The van der Waals surface area contributed by atoms with Gasteiger partial charge in [-0.05, 0) is 29.8 Å². The molecule has 184 valence electrons. The van der Waals surface area contributed by atoms with Gasteiger partial charge in [-0.1, -0.05) is 18.2 Å². The summed E-state index contributed by atoms with van der Waals surface area (Å²) in [5.41, 5.74) is -2.96. The highest BCUT2D eigenvalue weighted by atomic mass is 19.4. The first-order chi connectivity index (χ1) is 16.9. The number of hydrogen-bond acceptors (Lipinski definition) is 4. The molecule has 0 unspecified atom stereocenters. The number of pyridine rings is 1. The van der Waals surface area contributed by atoms with Crippen molar-refractivity contribution in [3.05, 3.63) is 77.4 Å². The minimum absolute atomic E-state index is 0.00129. The second-order valence-electron chi connectivity index (χ2n) is 7.89. The molecule has 3 heterocycles. The van der Waals surface area contributed by atoms with E-state index in [0.717, 1.165) is 12.3 Å². The van der Waals surface area contributed by atoms with E-state index in [-0.39, 0.29) is 23.7 Å². The van der Waals surface area contributed by atoms with Gasteiger partial charge in [0.2, 0.25) is 5.91 Å². The molecule has 0 bridgehead atoms. The van der Waals surface area contributed by atoms with E-state index in [1.54, 1.807) is 18.2 Å². The Labute approximate surface area is 197 Å². The van der Waals surface area contributed by atoms with Crippen LogP contribution in [0, 0.1) is 0 Å². The molecule has 36 heavy (non-hydrogen) atoms. The second-order valence-corrected chi connectivity index (χ2v) is 7.89. The van der Waals surface area contributed by atoms with Crippen LogP contribution in [0.15, 0.2) is 54.9 Å². The minimum Gasteiger partial charge on any atom is -0.325 e. The van der Waals surface area contributed by atoms with Gasteiger partial charge in [-0.3, -0.25) is 14.6 Å². The summed E-state index contributed by atoms with van der Waals surface area (Å²) in [5, 5.41) is 9.42. The van der Waals surface area contributed by atoms with Gasteiger partial charge in [-0.2, -0.15) is 31.4 Å². The number of hydrogen-bond donors (Lipinski definition) is 2. The zero-order chi connectivity index (χ0) is 25.8. The average molecular weight is 505 g/mol. The molecule has 0 spiro atoms. The molecular formula is C23H13F6N5O2. The van der Waals surface area contributed by atoms with Crippen LogP contribution in [0.25, 0.3) is 16.5 Å². The molecule has 7 nitrogen and oxygen atoms in total. The second kappa shape index (κ2) is 8.07. The van der Waals surface area contributed by atoms with Crippen LogP contribution in [0.2, 0.25) is 0 Å². The van der Waals surface area contributed by atoms with Crippen molar-refractivity contribution < 1.29 is 35.9 Å². The normalized spacial score (nSPS) is 13.6. The van der Waals surface area contributed by atoms with Crippen molar-refractivity contribution in [2.45, 2.75) is 18.8 Å². The first-order valence-corrected chi connectivity index (χ1v) is 10.3. The molecule has 0 atom stereocenters. The Morgan fingerprint density at radius 1 is 1.03 bits per heavy atom. The van der Waals surface area contributed by atoms with E-state index in [1.165, 1.54) is 12.1 Å². The molecular weight excluding hydrogens is 492 g/mol. The standard InChI is InChI=1S/C23H13F6N5O2/c24-22(25,26)17-9-12(6-7-30-17)32-21(36)14-10-31-34(20(14)23(27,28)29)16-5-4-11-8-18(35)33-15-3-1-2-13(16)19(11)15/h1-7,9-10H,8H2,(H,33,35)(H,30,32,36). The number of alkyl halides is 6. The van der Waals surface area contributed by atoms with E-state index in [1.807, 2.05) is 5.32 Å². The van der Waals surface area contributed by atoms with Crippen LogP contribution in [-0.4, -0.2) is 26.6 Å². The number of halogens is 6. The molecule has 2 aromatic carbocycles. The molecule has 0 aliphatic carbocycles. The van der Waals surface area contributed by atoms with Crippen LogP contribution >= 0.6 is 0 Å². The van der Waals surface area contributed by atoms with Gasteiger partial charge >= 0.3 is 12.4 Å². The third-order valence-corrected chi connectivity index (χ3v) is 5.55. The number of aromatic nitrogens is 3. The van der Waals surface area contributed by atoms with Crippen LogP contribution in [0.1, 0.15) is 27.3 Å². The van der Waals surface area contributed by atoms with Crippen molar-refractivity contribution in [1.82, 2.24) is 14.8 Å². The summed E-state index contributed by atoms with van der Waals surface area (Å²) >= 11 is 0. The van der Waals surface area contributed by atoms with Crippen LogP contribution in [-0.2, 0) is 23.6 Å². The number of nitrogens with zero attached hydrogens (tertiary/aromatic N) is 3. The Balaban J connectivity index is 1.60. The van der Waals surface area contributed by atoms with E-state index >= 15 is 0 Å². The van der Waals surface area contributed by atoms with Gasteiger partial charge in [0.15, 0.2) is 5.69 Å². The largest absolute Gasteiger partial charge is 0.434 e. The quantitative estimate of drug-likeness (QED) is 0.375. The van der Waals surface area contributed by atoms with E-state index in [4.69, 9.17) is 0 Å². The molecule has 0 saturated heterocycles. The van der Waals surface area contributed by atoms with Gasteiger partial charge in [0.25, 0.3) is 5.91 Å². The summed E-state index contributed by atoms with van der Waals surface area (Å²) in [5.74, 6) is -1.57. The molecule has 2 amide bonds. The summed E-state index contributed by atoms with van der Waals surface area (Å²) < 4.78 is 81.8. The number of rotatable bonds is 3. The first-order valence-electron chi connectivity index (χ1n) is 10.3. The van der Waals surface area contributed by atoms with Gasteiger partial charge in [-0.15, -0.1) is 0 Å². The van der Waals surface area contributed by atoms with Crippen LogP contribution in [0.5, 0.6) is 0 Å². The SMILES string of the molecule is O=C1Cc2ccc(-n3ncc(C(=O)Nc4ccnc(C(F)(F)F)c4)c3C(F)(F)F)c3cccc(c23)N1. The summed E-state index contributed by atoms with van der Waals surface area (Å²) in [7, 11) is 0. The van der Waals surface area contributed by atoms with Crippen molar-refractivity contribution in [2.24, 2.45) is 0 Å². The molecule has 1 aliphatic heterocycles. The Morgan fingerprint density at radius 2 is 1.81 bits per heavy atom. The number of amides is 2. The lowest BCUT2D eigenvalue weighted by atomic mass is 9.96. The highest BCUT2D eigenvalue weighted by Gasteiger charge is 2.41. The Morgan fingerprint density at radius 3 is 2.53 bits per heavy atom. The molecule has 13 heteroatoms. The Kier molecular flexibility index (Phi) is 5.23. The topological polar surface area (TPSA) is 88.9 Å². The fourth-order valence-electron chi connectivity index (χ4n) is 4.10. The minimum atomic E-state index is -5.05. The fraction of sp³-hybridized carbons (Fsp3) is 0.130. The molecule has 0 fully saturated rings. The molecule has 2 aromatic heterocycles. The van der Waals surface area contributed by atoms with Gasteiger partial charge in [-0.25, -0.2) is 4.68 Å². The molecule has 0 radical (unpaired) electrons. The monoisotopic (exact) mass is 505 g/mol. The van der Waals surface area contributed by atoms with E-state index in [2.05, 4.69) is 15.4 Å². The summed E-state index contributed by atoms with van der Waals surface area (Å²) in [6, 6.07) is 9.14. The zero-order valence-electron chi connectivity index (χ0n) is 17.8. The molecule has 0 saturated carbocycles.